The van der Waals surface area contributed by atoms with Crippen LogP contribution in [0.15, 0.2) is 36.4 Å². The summed E-state index contributed by atoms with van der Waals surface area (Å²) in [4.78, 5) is 0. The van der Waals surface area contributed by atoms with Gasteiger partial charge in [-0.3, -0.25) is 0 Å². The molecular formula is C16H17F2NO. The number of aryl methyl sites for hydroxylation is 1. The van der Waals surface area contributed by atoms with E-state index in [1.54, 1.807) is 19.1 Å². The predicted octanol–water partition coefficient (Wildman–Crippen LogP) is 4.45. The average molecular weight is 277 g/mol. The van der Waals surface area contributed by atoms with Crippen LogP contribution < -0.4 is 10.1 Å². The van der Waals surface area contributed by atoms with Crippen LogP contribution in [0.2, 0.25) is 0 Å². The lowest BCUT2D eigenvalue weighted by atomic mass is 10.1. The zero-order chi connectivity index (χ0) is 14.7. The highest BCUT2D eigenvalue weighted by Gasteiger charge is 2.11. The van der Waals surface area contributed by atoms with Crippen molar-refractivity contribution in [1.29, 1.82) is 0 Å². The van der Waals surface area contributed by atoms with E-state index in [0.717, 1.165) is 5.56 Å². The standard InChI is InChI=1S/C16H17F2NO/c1-10-4-5-12(8-14(10)18)11(2)19-15-7-6-13(17)9-16(15)20-3/h4-9,11,19H,1-3H3. The largest absolute Gasteiger partial charge is 0.494 e. The first-order valence-corrected chi connectivity index (χ1v) is 6.37. The zero-order valence-electron chi connectivity index (χ0n) is 11.7. The lowest BCUT2D eigenvalue weighted by Gasteiger charge is -2.18. The Morgan fingerprint density at radius 3 is 2.50 bits per heavy atom. The molecule has 20 heavy (non-hydrogen) atoms. The van der Waals surface area contributed by atoms with Gasteiger partial charge in [0, 0.05) is 12.1 Å². The van der Waals surface area contributed by atoms with Crippen LogP contribution in [0.4, 0.5) is 14.5 Å². The van der Waals surface area contributed by atoms with Crippen LogP contribution in [-0.4, -0.2) is 7.11 Å². The molecule has 0 bridgehead atoms. The molecular weight excluding hydrogens is 260 g/mol. The minimum atomic E-state index is -0.360. The molecule has 0 aliphatic heterocycles. The Kier molecular flexibility index (Phi) is 4.23. The van der Waals surface area contributed by atoms with E-state index < -0.39 is 0 Å². The van der Waals surface area contributed by atoms with Crippen LogP contribution in [0.5, 0.6) is 5.75 Å². The zero-order valence-corrected chi connectivity index (χ0v) is 11.7. The molecule has 1 atom stereocenters. The maximum absolute atomic E-state index is 13.6. The number of anilines is 1. The summed E-state index contributed by atoms with van der Waals surface area (Å²) in [5.41, 5.74) is 2.10. The molecule has 2 aromatic rings. The number of nitrogens with one attached hydrogen (secondary N) is 1. The molecule has 1 unspecified atom stereocenters. The Labute approximate surface area is 117 Å². The fraction of sp³-hybridized carbons (Fsp3) is 0.250. The Morgan fingerprint density at radius 2 is 1.85 bits per heavy atom. The van der Waals surface area contributed by atoms with Crippen LogP contribution >= 0.6 is 0 Å². The molecule has 0 radical (unpaired) electrons. The van der Waals surface area contributed by atoms with Crippen molar-refractivity contribution in [3.8, 4) is 5.75 Å². The Hall–Kier alpha value is -2.10. The molecule has 1 N–H and O–H groups in total. The van der Waals surface area contributed by atoms with Crippen molar-refractivity contribution in [2.45, 2.75) is 19.9 Å². The number of halogens is 2. The van der Waals surface area contributed by atoms with Crippen molar-refractivity contribution >= 4 is 5.69 Å². The smallest absolute Gasteiger partial charge is 0.144 e. The lowest BCUT2D eigenvalue weighted by molar-refractivity contribution is 0.412. The number of ether oxygens (including phenoxy) is 1. The molecule has 0 fully saturated rings. The summed E-state index contributed by atoms with van der Waals surface area (Å²) in [6, 6.07) is 9.26. The van der Waals surface area contributed by atoms with Gasteiger partial charge in [-0.2, -0.15) is 0 Å². The highest BCUT2D eigenvalue weighted by molar-refractivity contribution is 5.57. The molecule has 0 saturated carbocycles. The highest BCUT2D eigenvalue weighted by atomic mass is 19.1. The van der Waals surface area contributed by atoms with Crippen LogP contribution in [0, 0.1) is 18.6 Å². The molecule has 4 heteroatoms. The van der Waals surface area contributed by atoms with E-state index in [9.17, 15) is 8.78 Å². The molecule has 106 valence electrons. The third kappa shape index (κ3) is 3.07. The minimum Gasteiger partial charge on any atom is -0.494 e. The van der Waals surface area contributed by atoms with Crippen molar-refractivity contribution in [2.75, 3.05) is 12.4 Å². The van der Waals surface area contributed by atoms with E-state index in [4.69, 9.17) is 4.74 Å². The second-order valence-corrected chi connectivity index (χ2v) is 4.72. The summed E-state index contributed by atoms with van der Waals surface area (Å²) in [7, 11) is 1.48. The minimum absolute atomic E-state index is 0.121. The van der Waals surface area contributed by atoms with Crippen LogP contribution in [0.25, 0.3) is 0 Å². The maximum Gasteiger partial charge on any atom is 0.144 e. The third-order valence-electron chi connectivity index (χ3n) is 3.23. The molecule has 0 spiro atoms. The predicted molar refractivity (Wildman–Crippen MR) is 76.1 cm³/mol. The van der Waals surface area contributed by atoms with Crippen molar-refractivity contribution in [2.24, 2.45) is 0 Å². The number of rotatable bonds is 4. The number of hydrogen-bond donors (Lipinski definition) is 1. The van der Waals surface area contributed by atoms with Gasteiger partial charge in [-0.1, -0.05) is 12.1 Å². The quantitative estimate of drug-likeness (QED) is 0.891. The average Bonchev–Trinajstić information content (AvgIpc) is 2.43. The van der Waals surface area contributed by atoms with E-state index in [-0.39, 0.29) is 17.7 Å². The first kappa shape index (κ1) is 14.3. The van der Waals surface area contributed by atoms with Gasteiger partial charge >= 0.3 is 0 Å². The molecule has 2 rings (SSSR count). The van der Waals surface area contributed by atoms with Crippen LogP contribution in [-0.2, 0) is 0 Å². The molecule has 0 heterocycles. The van der Waals surface area contributed by atoms with E-state index in [2.05, 4.69) is 5.32 Å². The molecule has 0 aromatic heterocycles. The van der Waals surface area contributed by atoms with Crippen LogP contribution in [0.1, 0.15) is 24.1 Å². The van der Waals surface area contributed by atoms with Gasteiger partial charge in [0.2, 0.25) is 0 Å². The van der Waals surface area contributed by atoms with Crippen molar-refractivity contribution in [1.82, 2.24) is 0 Å². The van der Waals surface area contributed by atoms with E-state index in [1.165, 1.54) is 25.3 Å². The highest BCUT2D eigenvalue weighted by Crippen LogP contribution is 2.29. The molecule has 0 amide bonds. The van der Waals surface area contributed by atoms with Gasteiger partial charge in [-0.15, -0.1) is 0 Å². The first-order valence-electron chi connectivity index (χ1n) is 6.37. The third-order valence-corrected chi connectivity index (χ3v) is 3.23. The molecule has 0 aliphatic rings. The van der Waals surface area contributed by atoms with Crippen molar-refractivity contribution in [3.05, 3.63) is 59.2 Å². The Morgan fingerprint density at radius 1 is 1.10 bits per heavy atom. The molecule has 0 aliphatic carbocycles. The summed E-state index contributed by atoms with van der Waals surface area (Å²) < 4.78 is 31.8. The molecule has 2 nitrogen and oxygen atoms in total. The van der Waals surface area contributed by atoms with Crippen molar-refractivity contribution in [3.63, 3.8) is 0 Å². The monoisotopic (exact) mass is 277 g/mol. The SMILES string of the molecule is COc1cc(F)ccc1NC(C)c1ccc(C)c(F)c1. The fourth-order valence-corrected chi connectivity index (χ4v) is 1.98. The maximum atomic E-state index is 13.6. The summed E-state index contributed by atoms with van der Waals surface area (Å²) in [5, 5.41) is 3.19. The Bertz CT molecular complexity index is 613. The second kappa shape index (κ2) is 5.90. The topological polar surface area (TPSA) is 21.3 Å². The molecule has 2 aromatic carbocycles. The van der Waals surface area contributed by atoms with Gasteiger partial charge in [0.15, 0.2) is 0 Å². The van der Waals surface area contributed by atoms with E-state index in [1.807, 2.05) is 13.0 Å². The first-order chi connectivity index (χ1) is 9.51. The van der Waals surface area contributed by atoms with Gasteiger partial charge in [0.25, 0.3) is 0 Å². The summed E-state index contributed by atoms with van der Waals surface area (Å²) in [6.07, 6.45) is 0. The van der Waals surface area contributed by atoms with Crippen LogP contribution in [0.3, 0.4) is 0 Å². The number of methoxy groups -OCH3 is 1. The van der Waals surface area contributed by atoms with E-state index >= 15 is 0 Å². The number of benzene rings is 2. The van der Waals surface area contributed by atoms with Gasteiger partial charge in [-0.25, -0.2) is 8.78 Å². The fourth-order valence-electron chi connectivity index (χ4n) is 1.98. The van der Waals surface area contributed by atoms with Crippen molar-refractivity contribution < 1.29 is 13.5 Å². The molecule has 0 saturated heterocycles. The normalized spacial score (nSPS) is 12.1. The Balaban J connectivity index is 2.22. The second-order valence-electron chi connectivity index (χ2n) is 4.72. The summed E-state index contributed by atoms with van der Waals surface area (Å²) in [5.74, 6) is -0.173. The lowest BCUT2D eigenvalue weighted by Crippen LogP contribution is -2.08. The van der Waals surface area contributed by atoms with E-state index in [0.29, 0.717) is 17.0 Å². The van der Waals surface area contributed by atoms with Gasteiger partial charge in [0.05, 0.1) is 12.8 Å². The van der Waals surface area contributed by atoms with Gasteiger partial charge in [0.1, 0.15) is 17.4 Å². The summed E-state index contributed by atoms with van der Waals surface area (Å²) >= 11 is 0. The number of hydrogen-bond acceptors (Lipinski definition) is 2. The van der Waals surface area contributed by atoms with Gasteiger partial charge in [-0.05, 0) is 43.2 Å². The van der Waals surface area contributed by atoms with Gasteiger partial charge < -0.3 is 10.1 Å². The summed E-state index contributed by atoms with van der Waals surface area (Å²) in [6.45, 7) is 3.63.